The molecule has 1 amide bonds. The van der Waals surface area contributed by atoms with Gasteiger partial charge in [-0.2, -0.15) is 0 Å². The van der Waals surface area contributed by atoms with Crippen LogP contribution in [0.15, 0.2) is 67.1 Å². The molecule has 5 nitrogen and oxygen atoms in total. The molecule has 0 spiro atoms. The zero-order chi connectivity index (χ0) is 21.2. The molecule has 0 unspecified atom stereocenters. The standard InChI is InChI=1S/C26H26N4O/c1-18-5-4-6-20(15-18)24-25(28-13-12-27-24)26(31)30(17-19-9-10-19)14-11-21-16-29-23-8-3-2-7-22(21)23/h2-8,12-13,15-16,19,29H,9-11,14,17H2,1H3. The van der Waals surface area contributed by atoms with Crippen LogP contribution in [0.3, 0.4) is 0 Å². The van der Waals surface area contributed by atoms with Crippen LogP contribution in [-0.4, -0.2) is 38.8 Å². The number of H-pyrrole nitrogens is 1. The molecule has 2 heterocycles. The monoisotopic (exact) mass is 410 g/mol. The van der Waals surface area contributed by atoms with E-state index in [1.807, 2.05) is 36.1 Å². The number of aromatic amines is 1. The molecule has 2 aromatic heterocycles. The highest BCUT2D eigenvalue weighted by molar-refractivity contribution is 5.98. The van der Waals surface area contributed by atoms with Crippen LogP contribution in [0.2, 0.25) is 0 Å². The SMILES string of the molecule is Cc1cccc(-c2nccnc2C(=O)N(CCc2c[nH]c3ccccc23)CC2CC2)c1. The molecule has 1 fully saturated rings. The molecule has 0 bridgehead atoms. The van der Waals surface area contributed by atoms with Gasteiger partial charge in [-0.25, -0.2) is 4.98 Å². The molecule has 1 saturated carbocycles. The summed E-state index contributed by atoms with van der Waals surface area (Å²) < 4.78 is 0. The van der Waals surface area contributed by atoms with Crippen LogP contribution in [0.25, 0.3) is 22.2 Å². The fourth-order valence-corrected chi connectivity index (χ4v) is 4.13. The predicted octanol–water partition coefficient (Wildman–Crippen LogP) is 5.03. The van der Waals surface area contributed by atoms with Gasteiger partial charge < -0.3 is 9.88 Å². The molecule has 31 heavy (non-hydrogen) atoms. The molecule has 5 heteroatoms. The molecular weight excluding hydrogens is 384 g/mol. The van der Waals surface area contributed by atoms with Crippen molar-refractivity contribution >= 4 is 16.8 Å². The number of hydrogen-bond donors (Lipinski definition) is 1. The summed E-state index contributed by atoms with van der Waals surface area (Å²) in [6, 6.07) is 16.4. The summed E-state index contributed by atoms with van der Waals surface area (Å²) in [5, 5.41) is 1.22. The van der Waals surface area contributed by atoms with Crippen molar-refractivity contribution < 1.29 is 4.79 Å². The van der Waals surface area contributed by atoms with Crippen LogP contribution in [0.1, 0.15) is 34.5 Å². The Morgan fingerprint density at radius 1 is 1.10 bits per heavy atom. The number of carbonyl (C=O) groups is 1. The Morgan fingerprint density at radius 2 is 1.94 bits per heavy atom. The first-order valence-corrected chi connectivity index (χ1v) is 10.9. The summed E-state index contributed by atoms with van der Waals surface area (Å²) in [7, 11) is 0. The second-order valence-corrected chi connectivity index (χ2v) is 8.43. The number of aryl methyl sites for hydroxylation is 1. The molecule has 156 valence electrons. The van der Waals surface area contributed by atoms with Gasteiger partial charge in [0, 0.05) is 48.1 Å². The van der Waals surface area contributed by atoms with Crippen LogP contribution < -0.4 is 0 Å². The van der Waals surface area contributed by atoms with Crippen molar-refractivity contribution in [3.63, 3.8) is 0 Å². The second-order valence-electron chi connectivity index (χ2n) is 8.43. The molecule has 1 N–H and O–H groups in total. The third-order valence-electron chi connectivity index (χ3n) is 5.98. The number of aromatic nitrogens is 3. The van der Waals surface area contributed by atoms with Gasteiger partial charge >= 0.3 is 0 Å². The first kappa shape index (κ1) is 19.5. The minimum absolute atomic E-state index is 0.0312. The zero-order valence-corrected chi connectivity index (χ0v) is 17.7. The number of rotatable bonds is 7. The molecule has 0 aliphatic heterocycles. The van der Waals surface area contributed by atoms with Crippen molar-refractivity contribution in [3.05, 3.63) is 83.9 Å². The first-order valence-electron chi connectivity index (χ1n) is 10.9. The van der Waals surface area contributed by atoms with E-state index in [0.717, 1.165) is 29.6 Å². The van der Waals surface area contributed by atoms with Gasteiger partial charge in [-0.15, -0.1) is 0 Å². The first-order chi connectivity index (χ1) is 15.2. The second kappa shape index (κ2) is 8.34. The summed E-state index contributed by atoms with van der Waals surface area (Å²) in [4.78, 5) is 27.9. The molecule has 4 aromatic rings. The fraction of sp³-hybridized carbons (Fsp3) is 0.269. The minimum atomic E-state index is -0.0312. The van der Waals surface area contributed by atoms with Gasteiger partial charge in [0.05, 0.1) is 0 Å². The largest absolute Gasteiger partial charge is 0.361 e. The van der Waals surface area contributed by atoms with Crippen molar-refractivity contribution in [2.45, 2.75) is 26.2 Å². The topological polar surface area (TPSA) is 61.9 Å². The Hall–Kier alpha value is -3.47. The molecule has 2 aromatic carbocycles. The van der Waals surface area contributed by atoms with Crippen molar-refractivity contribution in [2.75, 3.05) is 13.1 Å². The van der Waals surface area contributed by atoms with E-state index >= 15 is 0 Å². The van der Waals surface area contributed by atoms with Gasteiger partial charge in [-0.3, -0.25) is 9.78 Å². The van der Waals surface area contributed by atoms with E-state index in [1.54, 1.807) is 12.4 Å². The summed E-state index contributed by atoms with van der Waals surface area (Å²) in [6.07, 6.45) is 8.53. The Kier molecular flexibility index (Phi) is 5.24. The van der Waals surface area contributed by atoms with E-state index in [4.69, 9.17) is 0 Å². The molecule has 5 rings (SSSR count). The number of nitrogens with one attached hydrogen (secondary N) is 1. The third kappa shape index (κ3) is 4.22. The minimum Gasteiger partial charge on any atom is -0.361 e. The quantitative estimate of drug-likeness (QED) is 0.465. The highest BCUT2D eigenvalue weighted by Crippen LogP contribution is 2.31. The fourth-order valence-electron chi connectivity index (χ4n) is 4.13. The Labute approximate surface area is 182 Å². The Balaban J connectivity index is 1.42. The normalized spacial score (nSPS) is 13.5. The van der Waals surface area contributed by atoms with E-state index in [9.17, 15) is 4.79 Å². The van der Waals surface area contributed by atoms with Crippen LogP contribution in [0.4, 0.5) is 0 Å². The Bertz CT molecular complexity index is 1220. The van der Waals surface area contributed by atoms with Crippen molar-refractivity contribution in [3.8, 4) is 11.3 Å². The average molecular weight is 411 g/mol. The lowest BCUT2D eigenvalue weighted by molar-refractivity contribution is 0.0744. The lowest BCUT2D eigenvalue weighted by atomic mass is 10.1. The van der Waals surface area contributed by atoms with E-state index in [1.165, 1.54) is 23.8 Å². The van der Waals surface area contributed by atoms with Crippen LogP contribution in [0, 0.1) is 12.8 Å². The maximum Gasteiger partial charge on any atom is 0.274 e. The lowest BCUT2D eigenvalue weighted by Gasteiger charge is -2.23. The van der Waals surface area contributed by atoms with Gasteiger partial charge in [-0.05, 0) is 49.8 Å². The molecule has 0 atom stereocenters. The number of para-hydroxylation sites is 1. The maximum absolute atomic E-state index is 13.6. The van der Waals surface area contributed by atoms with Crippen LogP contribution in [-0.2, 0) is 6.42 Å². The maximum atomic E-state index is 13.6. The number of benzene rings is 2. The summed E-state index contributed by atoms with van der Waals surface area (Å²) in [5.41, 5.74) is 5.53. The highest BCUT2D eigenvalue weighted by atomic mass is 16.2. The molecule has 1 aliphatic rings. The molecule has 0 saturated heterocycles. The van der Waals surface area contributed by atoms with Crippen LogP contribution in [0.5, 0.6) is 0 Å². The third-order valence-corrected chi connectivity index (χ3v) is 5.98. The van der Waals surface area contributed by atoms with E-state index in [2.05, 4.69) is 45.4 Å². The summed E-state index contributed by atoms with van der Waals surface area (Å²) in [5.74, 6) is 0.572. The molecule has 1 aliphatic carbocycles. The van der Waals surface area contributed by atoms with Gasteiger partial charge in [0.25, 0.3) is 5.91 Å². The summed E-state index contributed by atoms with van der Waals surface area (Å²) in [6.45, 7) is 3.49. The predicted molar refractivity (Wildman–Crippen MR) is 123 cm³/mol. The van der Waals surface area contributed by atoms with Crippen molar-refractivity contribution in [2.24, 2.45) is 5.92 Å². The number of carbonyl (C=O) groups excluding carboxylic acids is 1. The smallest absolute Gasteiger partial charge is 0.274 e. The Morgan fingerprint density at radius 3 is 2.77 bits per heavy atom. The molecule has 0 radical (unpaired) electrons. The lowest BCUT2D eigenvalue weighted by Crippen LogP contribution is -2.35. The van der Waals surface area contributed by atoms with Gasteiger partial charge in [0.1, 0.15) is 5.69 Å². The highest BCUT2D eigenvalue weighted by Gasteiger charge is 2.29. The van der Waals surface area contributed by atoms with Gasteiger partial charge in [0.2, 0.25) is 0 Å². The molecular formula is C26H26N4O. The number of hydrogen-bond acceptors (Lipinski definition) is 3. The number of amides is 1. The average Bonchev–Trinajstić information content (AvgIpc) is 3.53. The van der Waals surface area contributed by atoms with E-state index in [-0.39, 0.29) is 5.91 Å². The van der Waals surface area contributed by atoms with Gasteiger partial charge in [-0.1, -0.05) is 42.0 Å². The summed E-state index contributed by atoms with van der Waals surface area (Å²) >= 11 is 0. The number of nitrogens with zero attached hydrogens (tertiary/aromatic N) is 3. The van der Waals surface area contributed by atoms with Crippen molar-refractivity contribution in [1.29, 1.82) is 0 Å². The zero-order valence-electron chi connectivity index (χ0n) is 17.7. The van der Waals surface area contributed by atoms with E-state index in [0.29, 0.717) is 23.9 Å². The van der Waals surface area contributed by atoms with Crippen LogP contribution >= 0.6 is 0 Å². The van der Waals surface area contributed by atoms with Crippen molar-refractivity contribution in [1.82, 2.24) is 19.9 Å². The van der Waals surface area contributed by atoms with E-state index < -0.39 is 0 Å². The number of fused-ring (bicyclic) bond motifs is 1. The van der Waals surface area contributed by atoms with Gasteiger partial charge in [0.15, 0.2) is 5.69 Å².